The lowest BCUT2D eigenvalue weighted by molar-refractivity contribution is -0.153. The molecule has 0 atom stereocenters. The van der Waals surface area contributed by atoms with Crippen LogP contribution in [-0.4, -0.2) is 17.9 Å². The molecule has 0 bridgehead atoms. The Labute approximate surface area is 81.9 Å². The van der Waals surface area contributed by atoms with Gasteiger partial charge in [0.25, 0.3) is 0 Å². The van der Waals surface area contributed by atoms with E-state index >= 15 is 0 Å². The average Bonchev–Trinajstić information content (AvgIpc) is 2.14. The molecule has 4 nitrogen and oxygen atoms in total. The molecule has 0 saturated heterocycles. The molecule has 1 aromatic heterocycles. The predicted molar refractivity (Wildman–Crippen MR) is 42.5 cm³/mol. The molecule has 0 aliphatic heterocycles. The average molecular weight is 224 g/mol. The van der Waals surface area contributed by atoms with E-state index in [1.165, 1.54) is 0 Å². The Morgan fingerprint density at radius 3 is 2.60 bits per heavy atom. The van der Waals surface area contributed by atoms with Crippen LogP contribution >= 0.6 is 0 Å². The molecule has 0 amide bonds. The van der Waals surface area contributed by atoms with Crippen LogP contribution in [0.15, 0.2) is 21.5 Å². The Morgan fingerprint density at radius 2 is 2.13 bits per heavy atom. The number of aliphatic hydroxyl groups excluding tert-OH is 1. The van der Waals surface area contributed by atoms with Gasteiger partial charge in [0.05, 0.1) is 0 Å². The summed E-state index contributed by atoms with van der Waals surface area (Å²) >= 11 is 0. The van der Waals surface area contributed by atoms with Crippen LogP contribution in [0.3, 0.4) is 0 Å². The van der Waals surface area contributed by atoms with Crippen molar-refractivity contribution in [3.63, 3.8) is 0 Å². The lowest BCUT2D eigenvalue weighted by atomic mass is 10.4. The normalized spacial score (nSPS) is 11.5. The van der Waals surface area contributed by atoms with Crippen LogP contribution in [0.1, 0.15) is 5.76 Å². The molecule has 7 heteroatoms. The van der Waals surface area contributed by atoms with Gasteiger partial charge in [0, 0.05) is 6.07 Å². The molecule has 0 aromatic carbocycles. The summed E-state index contributed by atoms with van der Waals surface area (Å²) in [5, 5.41) is 8.56. The van der Waals surface area contributed by atoms with Gasteiger partial charge in [-0.1, -0.05) is 0 Å². The van der Waals surface area contributed by atoms with E-state index in [1.54, 1.807) is 0 Å². The van der Waals surface area contributed by atoms with Crippen LogP contribution in [0.2, 0.25) is 0 Å². The number of rotatable bonds is 3. The van der Waals surface area contributed by atoms with Crippen molar-refractivity contribution in [1.82, 2.24) is 0 Å². The molecule has 0 aliphatic rings. The van der Waals surface area contributed by atoms with Crippen LogP contribution in [0.5, 0.6) is 5.75 Å². The fourth-order valence-corrected chi connectivity index (χ4v) is 0.786. The van der Waals surface area contributed by atoms with Gasteiger partial charge < -0.3 is 14.3 Å². The third-order valence-corrected chi connectivity index (χ3v) is 1.40. The van der Waals surface area contributed by atoms with E-state index in [0.717, 1.165) is 12.3 Å². The van der Waals surface area contributed by atoms with Gasteiger partial charge in [0.1, 0.15) is 18.6 Å². The zero-order chi connectivity index (χ0) is 11.5. The Bertz CT molecular complexity index is 382. The fraction of sp³-hybridized carbons (Fsp3) is 0.375. The largest absolute Gasteiger partial charge is 0.477 e. The highest BCUT2D eigenvalue weighted by atomic mass is 19.4. The van der Waals surface area contributed by atoms with E-state index in [0.29, 0.717) is 0 Å². The van der Waals surface area contributed by atoms with Gasteiger partial charge in [-0.15, -0.1) is 0 Å². The van der Waals surface area contributed by atoms with Crippen molar-refractivity contribution in [3.05, 3.63) is 28.3 Å². The SMILES string of the molecule is O=c1cc(CO)occ1OCC(F)(F)F. The van der Waals surface area contributed by atoms with E-state index in [2.05, 4.69) is 9.15 Å². The minimum absolute atomic E-state index is 0.0423. The maximum Gasteiger partial charge on any atom is 0.422 e. The fourth-order valence-electron chi connectivity index (χ4n) is 0.786. The first-order valence-corrected chi connectivity index (χ1v) is 3.84. The number of alkyl halides is 3. The summed E-state index contributed by atoms with van der Waals surface area (Å²) in [5.41, 5.74) is -0.769. The lowest BCUT2D eigenvalue weighted by Gasteiger charge is -2.07. The van der Waals surface area contributed by atoms with Crippen molar-refractivity contribution in [2.24, 2.45) is 0 Å². The summed E-state index contributed by atoms with van der Waals surface area (Å²) in [7, 11) is 0. The second-order valence-corrected chi connectivity index (χ2v) is 2.64. The number of hydrogen-bond donors (Lipinski definition) is 1. The van der Waals surface area contributed by atoms with Gasteiger partial charge in [-0.05, 0) is 0 Å². The molecule has 1 N–H and O–H groups in total. The zero-order valence-corrected chi connectivity index (χ0v) is 7.37. The highest BCUT2D eigenvalue weighted by Crippen LogP contribution is 2.16. The maximum absolute atomic E-state index is 11.7. The van der Waals surface area contributed by atoms with Gasteiger partial charge >= 0.3 is 6.18 Å². The summed E-state index contributed by atoms with van der Waals surface area (Å²) in [5.74, 6) is -0.580. The molecular formula is C8H7F3O4. The van der Waals surface area contributed by atoms with Gasteiger partial charge in [-0.3, -0.25) is 4.79 Å². The molecule has 1 aromatic rings. The van der Waals surface area contributed by atoms with Crippen LogP contribution in [-0.2, 0) is 6.61 Å². The number of ether oxygens (including phenoxy) is 1. The second-order valence-electron chi connectivity index (χ2n) is 2.64. The molecule has 0 aliphatic carbocycles. The third-order valence-electron chi connectivity index (χ3n) is 1.40. The number of aliphatic hydroxyl groups is 1. The van der Waals surface area contributed by atoms with Crippen molar-refractivity contribution in [2.75, 3.05) is 6.61 Å². The van der Waals surface area contributed by atoms with E-state index in [9.17, 15) is 18.0 Å². The minimum Gasteiger partial charge on any atom is -0.477 e. The Balaban J connectivity index is 2.75. The van der Waals surface area contributed by atoms with E-state index in [4.69, 9.17) is 5.11 Å². The third kappa shape index (κ3) is 3.62. The predicted octanol–water partition coefficient (Wildman–Crippen LogP) is 1.07. The van der Waals surface area contributed by atoms with E-state index in [-0.39, 0.29) is 5.76 Å². The van der Waals surface area contributed by atoms with Crippen LogP contribution in [0, 0.1) is 0 Å². The highest BCUT2D eigenvalue weighted by molar-refractivity contribution is 5.17. The van der Waals surface area contributed by atoms with Crippen LogP contribution in [0.25, 0.3) is 0 Å². The van der Waals surface area contributed by atoms with Gasteiger partial charge in [0.2, 0.25) is 11.2 Å². The monoisotopic (exact) mass is 224 g/mol. The number of halogens is 3. The van der Waals surface area contributed by atoms with Crippen molar-refractivity contribution >= 4 is 0 Å². The first-order valence-electron chi connectivity index (χ1n) is 3.84. The molecule has 0 radical (unpaired) electrons. The van der Waals surface area contributed by atoms with E-state index in [1.807, 2.05) is 0 Å². The van der Waals surface area contributed by atoms with E-state index < -0.39 is 30.6 Å². The topological polar surface area (TPSA) is 59.7 Å². The summed E-state index contributed by atoms with van der Waals surface area (Å²) in [6.45, 7) is -2.06. The molecule has 0 spiro atoms. The second kappa shape index (κ2) is 4.35. The van der Waals surface area contributed by atoms with Crippen molar-refractivity contribution < 1.29 is 27.4 Å². The van der Waals surface area contributed by atoms with Gasteiger partial charge in [-0.25, -0.2) is 0 Å². The highest BCUT2D eigenvalue weighted by Gasteiger charge is 2.28. The Kier molecular flexibility index (Phi) is 3.35. The molecule has 1 heterocycles. The standard InChI is InChI=1S/C8H7F3O4/c9-8(10,11)4-15-7-3-14-5(2-12)1-6(7)13/h1,3,12H,2,4H2. The van der Waals surface area contributed by atoms with Crippen molar-refractivity contribution in [1.29, 1.82) is 0 Å². The lowest BCUT2D eigenvalue weighted by Crippen LogP contribution is -2.21. The molecule has 15 heavy (non-hydrogen) atoms. The van der Waals surface area contributed by atoms with Gasteiger partial charge in [-0.2, -0.15) is 13.2 Å². The molecule has 84 valence electrons. The first kappa shape index (κ1) is 11.6. The maximum atomic E-state index is 11.7. The Morgan fingerprint density at radius 1 is 1.47 bits per heavy atom. The molecule has 0 saturated carbocycles. The summed E-state index contributed by atoms with van der Waals surface area (Å²) in [4.78, 5) is 11.1. The minimum atomic E-state index is -4.51. The number of hydrogen-bond acceptors (Lipinski definition) is 4. The summed E-state index contributed by atoms with van der Waals surface area (Å²) in [6.07, 6.45) is -3.78. The Hall–Kier alpha value is -1.50. The zero-order valence-electron chi connectivity index (χ0n) is 7.37. The molecule has 0 unspecified atom stereocenters. The van der Waals surface area contributed by atoms with Gasteiger partial charge in [0.15, 0.2) is 6.61 Å². The van der Waals surface area contributed by atoms with Crippen molar-refractivity contribution in [2.45, 2.75) is 12.8 Å². The van der Waals surface area contributed by atoms with Crippen LogP contribution in [0.4, 0.5) is 13.2 Å². The molecule has 1 rings (SSSR count). The van der Waals surface area contributed by atoms with Crippen molar-refractivity contribution in [3.8, 4) is 5.75 Å². The quantitative estimate of drug-likeness (QED) is 0.834. The summed E-state index contributed by atoms with van der Waals surface area (Å²) in [6, 6.07) is 0.867. The smallest absolute Gasteiger partial charge is 0.422 e. The molecular weight excluding hydrogens is 217 g/mol. The van der Waals surface area contributed by atoms with Crippen LogP contribution < -0.4 is 10.2 Å². The molecule has 0 fully saturated rings. The first-order chi connectivity index (χ1) is 6.92. The summed E-state index contributed by atoms with van der Waals surface area (Å²) < 4.78 is 44.0.